The number of fused-ring (bicyclic) bond motifs is 1. The minimum absolute atomic E-state index is 0.0556. The lowest BCUT2D eigenvalue weighted by Crippen LogP contribution is -2.44. The van der Waals surface area contributed by atoms with E-state index >= 15 is 0 Å². The lowest BCUT2D eigenvalue weighted by molar-refractivity contribution is -0.567. The smallest absolute Gasteiger partial charge is 0.416 e. The SMILES string of the molecule is COc1cc(C(F)(F)F)cc(C)c1-c1ccc2oc(NC3CCCN(C(=O)O)C3)nc2[n+]1[O-]. The number of rotatable bonds is 4. The number of pyridine rings is 1. The summed E-state index contributed by atoms with van der Waals surface area (Å²) >= 11 is 0. The molecule has 1 aliphatic rings. The largest absolute Gasteiger partial charge is 0.710 e. The Labute approximate surface area is 186 Å². The summed E-state index contributed by atoms with van der Waals surface area (Å²) in [5.74, 6) is -0.0934. The highest BCUT2D eigenvalue weighted by Crippen LogP contribution is 2.39. The van der Waals surface area contributed by atoms with Gasteiger partial charge in [0, 0.05) is 18.1 Å². The van der Waals surface area contributed by atoms with Gasteiger partial charge in [0.1, 0.15) is 11.4 Å². The lowest BCUT2D eigenvalue weighted by Gasteiger charge is -2.30. The Balaban J connectivity index is 1.69. The van der Waals surface area contributed by atoms with Crippen molar-refractivity contribution in [3.63, 3.8) is 0 Å². The predicted molar refractivity (Wildman–Crippen MR) is 111 cm³/mol. The van der Waals surface area contributed by atoms with E-state index in [0.717, 1.165) is 12.1 Å². The number of methoxy groups -OCH3 is 1. The Kier molecular flexibility index (Phi) is 5.68. The van der Waals surface area contributed by atoms with Crippen LogP contribution >= 0.6 is 0 Å². The Morgan fingerprint density at radius 1 is 1.39 bits per heavy atom. The molecule has 1 amide bonds. The number of carboxylic acid groups (broad SMARTS) is 1. The summed E-state index contributed by atoms with van der Waals surface area (Å²) in [6.45, 7) is 2.16. The van der Waals surface area contributed by atoms with Gasteiger partial charge >= 0.3 is 23.9 Å². The highest BCUT2D eigenvalue weighted by atomic mass is 19.4. The number of oxazole rings is 1. The van der Waals surface area contributed by atoms with Gasteiger partial charge in [0.15, 0.2) is 0 Å². The van der Waals surface area contributed by atoms with E-state index in [-0.39, 0.29) is 52.4 Å². The number of aromatic nitrogens is 2. The zero-order valence-electron chi connectivity index (χ0n) is 17.8. The highest BCUT2D eigenvalue weighted by molar-refractivity contribution is 5.75. The summed E-state index contributed by atoms with van der Waals surface area (Å²) in [5.41, 5.74) is -0.296. The first-order valence-electron chi connectivity index (χ1n) is 10.1. The van der Waals surface area contributed by atoms with E-state index in [9.17, 15) is 28.3 Å². The van der Waals surface area contributed by atoms with Gasteiger partial charge in [0.05, 0.1) is 24.3 Å². The number of nitrogens with one attached hydrogen (secondary N) is 1. The van der Waals surface area contributed by atoms with Crippen molar-refractivity contribution in [3.8, 4) is 17.0 Å². The van der Waals surface area contributed by atoms with Gasteiger partial charge in [-0.1, -0.05) is 0 Å². The molecule has 1 aliphatic heterocycles. The summed E-state index contributed by atoms with van der Waals surface area (Å²) in [6, 6.07) is 4.54. The van der Waals surface area contributed by atoms with Crippen molar-refractivity contribution in [1.82, 2.24) is 9.88 Å². The van der Waals surface area contributed by atoms with Crippen LogP contribution in [0.25, 0.3) is 22.5 Å². The van der Waals surface area contributed by atoms with Crippen LogP contribution in [0.1, 0.15) is 24.0 Å². The van der Waals surface area contributed by atoms with Crippen LogP contribution in [0.2, 0.25) is 0 Å². The number of carbonyl (C=O) groups is 1. The Morgan fingerprint density at radius 3 is 2.82 bits per heavy atom. The van der Waals surface area contributed by atoms with Gasteiger partial charge < -0.3 is 29.7 Å². The molecule has 4 rings (SSSR count). The summed E-state index contributed by atoms with van der Waals surface area (Å²) < 4.78 is 50.8. The van der Waals surface area contributed by atoms with Gasteiger partial charge in [-0.2, -0.15) is 13.2 Å². The summed E-state index contributed by atoms with van der Waals surface area (Å²) in [6.07, 6.45) is -4.20. The number of halogens is 3. The molecule has 0 spiro atoms. The average molecular weight is 466 g/mol. The monoisotopic (exact) mass is 466 g/mol. The van der Waals surface area contributed by atoms with E-state index in [2.05, 4.69) is 10.3 Å². The lowest BCUT2D eigenvalue weighted by atomic mass is 10.00. The predicted octanol–water partition coefficient (Wildman–Crippen LogP) is 4.02. The van der Waals surface area contributed by atoms with Gasteiger partial charge in [0.25, 0.3) is 0 Å². The van der Waals surface area contributed by atoms with Crippen molar-refractivity contribution in [1.29, 1.82) is 0 Å². The van der Waals surface area contributed by atoms with Gasteiger partial charge in [-0.3, -0.25) is 0 Å². The minimum atomic E-state index is -4.56. The third-order valence-corrected chi connectivity index (χ3v) is 5.56. The first-order chi connectivity index (χ1) is 15.6. The number of hydrogen-bond acceptors (Lipinski definition) is 6. The van der Waals surface area contributed by atoms with Crippen LogP contribution in [0, 0.1) is 12.1 Å². The van der Waals surface area contributed by atoms with E-state index in [4.69, 9.17) is 9.15 Å². The van der Waals surface area contributed by atoms with Crippen LogP contribution in [0.15, 0.2) is 28.7 Å². The number of benzene rings is 1. The molecule has 3 heterocycles. The Hall–Kier alpha value is -3.70. The van der Waals surface area contributed by atoms with Gasteiger partial charge in [-0.25, -0.2) is 9.52 Å². The zero-order valence-corrected chi connectivity index (χ0v) is 17.8. The molecule has 0 radical (unpaired) electrons. The number of piperidine rings is 1. The average Bonchev–Trinajstić information content (AvgIpc) is 3.17. The topological polar surface area (TPSA) is 115 Å². The normalized spacial score (nSPS) is 16.8. The minimum Gasteiger partial charge on any atom is -0.710 e. The molecular formula is C21H21F3N4O5. The Bertz CT molecular complexity index is 1210. The number of aryl methyl sites for hydroxylation is 1. The zero-order chi connectivity index (χ0) is 23.9. The van der Waals surface area contributed by atoms with Crippen molar-refractivity contribution in [3.05, 3.63) is 40.6 Å². The molecule has 176 valence electrons. The van der Waals surface area contributed by atoms with E-state index in [1.54, 1.807) is 0 Å². The van der Waals surface area contributed by atoms with E-state index in [1.807, 2.05) is 0 Å². The van der Waals surface area contributed by atoms with Crippen LogP contribution in [-0.2, 0) is 6.18 Å². The number of nitrogens with zero attached hydrogens (tertiary/aromatic N) is 3. The third-order valence-electron chi connectivity index (χ3n) is 5.56. The second-order valence-corrected chi connectivity index (χ2v) is 7.80. The molecule has 0 aliphatic carbocycles. The van der Waals surface area contributed by atoms with Gasteiger partial charge in [0.2, 0.25) is 5.58 Å². The van der Waals surface area contributed by atoms with Crippen LogP contribution in [0.5, 0.6) is 5.75 Å². The molecule has 1 atom stereocenters. The molecule has 1 saturated heterocycles. The summed E-state index contributed by atoms with van der Waals surface area (Å²) in [5, 5.41) is 25.3. The first-order valence-corrected chi connectivity index (χ1v) is 10.1. The molecule has 1 unspecified atom stereocenters. The van der Waals surface area contributed by atoms with E-state index in [0.29, 0.717) is 24.1 Å². The second kappa shape index (κ2) is 8.34. The molecule has 2 aromatic heterocycles. The van der Waals surface area contributed by atoms with Crippen molar-refractivity contribution in [2.75, 3.05) is 25.5 Å². The van der Waals surface area contributed by atoms with Gasteiger partial charge in [-0.05, 0) is 49.6 Å². The van der Waals surface area contributed by atoms with Crippen molar-refractivity contribution in [2.45, 2.75) is 32.0 Å². The molecule has 9 nitrogen and oxygen atoms in total. The summed E-state index contributed by atoms with van der Waals surface area (Å²) in [7, 11) is 1.23. The van der Waals surface area contributed by atoms with Crippen LogP contribution in [0.3, 0.4) is 0 Å². The van der Waals surface area contributed by atoms with Crippen molar-refractivity contribution in [2.24, 2.45) is 0 Å². The molecule has 3 aromatic rings. The fourth-order valence-electron chi connectivity index (χ4n) is 4.01. The third kappa shape index (κ3) is 4.32. The number of alkyl halides is 3. The van der Waals surface area contributed by atoms with E-state index < -0.39 is 17.8 Å². The van der Waals surface area contributed by atoms with Crippen LogP contribution in [-0.4, -0.2) is 47.3 Å². The number of anilines is 1. The molecular weight excluding hydrogens is 445 g/mol. The molecule has 0 bridgehead atoms. The maximum Gasteiger partial charge on any atom is 0.416 e. The fourth-order valence-corrected chi connectivity index (χ4v) is 4.01. The fraction of sp³-hybridized carbons (Fsp3) is 0.381. The number of likely N-dealkylation sites (tertiary alicyclic amines) is 1. The molecule has 0 saturated carbocycles. The van der Waals surface area contributed by atoms with Crippen LogP contribution in [0.4, 0.5) is 24.0 Å². The van der Waals surface area contributed by atoms with Gasteiger partial charge in [-0.15, -0.1) is 0 Å². The van der Waals surface area contributed by atoms with Crippen molar-refractivity contribution >= 4 is 23.3 Å². The highest BCUT2D eigenvalue weighted by Gasteiger charge is 2.33. The van der Waals surface area contributed by atoms with Crippen molar-refractivity contribution < 1.29 is 37.0 Å². The molecule has 12 heteroatoms. The first kappa shape index (κ1) is 22.5. The second-order valence-electron chi connectivity index (χ2n) is 7.80. The standard InChI is InChI=1S/C21H21F3N4O5/c1-11-8-12(21(22,23)24)9-16(32-2)17(11)14-5-6-15-18(28(14)31)26-19(33-15)25-13-4-3-7-27(10-13)20(29)30/h5-6,8-9,13H,3-4,7,10H2,1-2H3,(H,25,26)(H,29,30). The Morgan fingerprint density at radius 2 is 2.15 bits per heavy atom. The molecule has 2 N–H and O–H groups in total. The maximum atomic E-state index is 13.2. The van der Waals surface area contributed by atoms with Crippen LogP contribution < -0.4 is 14.8 Å². The summed E-state index contributed by atoms with van der Waals surface area (Å²) in [4.78, 5) is 16.7. The number of ether oxygens (including phenoxy) is 1. The number of hydrogen-bond donors (Lipinski definition) is 2. The van der Waals surface area contributed by atoms with E-state index in [1.165, 1.54) is 31.1 Å². The molecule has 1 aromatic carbocycles. The molecule has 33 heavy (non-hydrogen) atoms. The quantitative estimate of drug-likeness (QED) is 0.441. The molecule has 1 fully saturated rings. The maximum absolute atomic E-state index is 13.2. The number of amides is 1.